The van der Waals surface area contributed by atoms with E-state index in [0.717, 1.165) is 24.8 Å². The molecule has 1 unspecified atom stereocenters. The average Bonchev–Trinajstić information content (AvgIpc) is 3.61. The van der Waals surface area contributed by atoms with Crippen LogP contribution in [0.4, 0.5) is 0 Å². The summed E-state index contributed by atoms with van der Waals surface area (Å²) in [6.45, 7) is 9.24. The first kappa shape index (κ1) is 32.7. The molecule has 0 spiro atoms. The van der Waals surface area contributed by atoms with Crippen molar-refractivity contribution in [2.24, 2.45) is 0 Å². The molecule has 0 radical (unpaired) electrons. The topological polar surface area (TPSA) is 106 Å². The van der Waals surface area contributed by atoms with Gasteiger partial charge in [0.25, 0.3) is 0 Å². The molecule has 0 amide bonds. The molecule has 0 aliphatic rings. The van der Waals surface area contributed by atoms with E-state index in [-0.39, 0.29) is 5.30 Å². The van der Waals surface area contributed by atoms with Gasteiger partial charge in [0.2, 0.25) is 18.2 Å². The highest BCUT2D eigenvalue weighted by Gasteiger charge is 2.44. The summed E-state index contributed by atoms with van der Waals surface area (Å²) in [5, 5.41) is 16.4. The van der Waals surface area contributed by atoms with E-state index in [4.69, 9.17) is 12.2 Å². The number of rotatable bonds is 11. The number of aromatic amines is 1. The Bertz CT molecular complexity index is 1940. The zero-order valence-corrected chi connectivity index (χ0v) is 29.6. The Kier molecular flexibility index (Phi) is 10.2. The number of hydrogen-bond donors (Lipinski definition) is 1. The summed E-state index contributed by atoms with van der Waals surface area (Å²) in [6.07, 6.45) is 0. The Morgan fingerprint density at radius 3 is 1.70 bits per heavy atom. The van der Waals surface area contributed by atoms with Crippen molar-refractivity contribution < 1.29 is 14.2 Å². The van der Waals surface area contributed by atoms with Gasteiger partial charge in [0.05, 0.1) is 0 Å². The normalized spacial score (nSPS) is 12.7. The molecule has 7 nitrogen and oxygen atoms in total. The Morgan fingerprint density at radius 2 is 1.27 bits per heavy atom. The van der Waals surface area contributed by atoms with Crippen molar-refractivity contribution in [3.63, 3.8) is 0 Å². The van der Waals surface area contributed by atoms with Gasteiger partial charge in [-0.3, -0.25) is 14.7 Å². The van der Waals surface area contributed by atoms with Gasteiger partial charge in [0.15, 0.2) is 12.6 Å². The van der Waals surface area contributed by atoms with E-state index in [9.17, 15) is 9.59 Å². The van der Waals surface area contributed by atoms with E-state index in [0.29, 0.717) is 48.8 Å². The molecular weight excluding hydrogens is 668 g/mol. The minimum absolute atomic E-state index is 0.234. The van der Waals surface area contributed by atoms with Crippen LogP contribution in [-0.2, 0) is 16.1 Å². The van der Waals surface area contributed by atoms with Crippen LogP contribution in [0.15, 0.2) is 63.3 Å². The molecule has 1 atom stereocenters. The standard InChI is InChI=1S/C31H29N4O3PS5/c1-17-11-22(15-41-30-34-32-21(5)43-30)12-18(2)25(17)27(36)39(38,24-9-7-6-8-10-24)28(37)26-19(3)13-23(14-20(26)4)16-42-31-35-33-29(40)44-31/h6-14H,15-16H2,1-5H3,(H,33,40). The molecule has 5 rings (SSSR count). The molecule has 0 saturated carbocycles. The Labute approximate surface area is 277 Å². The third kappa shape index (κ3) is 6.90. The molecule has 226 valence electrons. The van der Waals surface area contributed by atoms with E-state index < -0.39 is 18.2 Å². The number of aryl methyl sites for hydroxylation is 5. The number of nitrogens with zero attached hydrogens (tertiary/aromatic N) is 3. The lowest BCUT2D eigenvalue weighted by Gasteiger charge is -2.21. The summed E-state index contributed by atoms with van der Waals surface area (Å²) in [6, 6.07) is 16.1. The highest BCUT2D eigenvalue weighted by molar-refractivity contribution is 8.01. The number of hydrogen-bond acceptors (Lipinski definition) is 11. The Balaban J connectivity index is 1.49. The molecule has 44 heavy (non-hydrogen) atoms. The number of aromatic nitrogens is 4. The van der Waals surface area contributed by atoms with Crippen molar-refractivity contribution in [3.8, 4) is 0 Å². The van der Waals surface area contributed by atoms with Gasteiger partial charge in [-0.25, -0.2) is 0 Å². The Hall–Kier alpha value is -2.73. The van der Waals surface area contributed by atoms with E-state index in [1.54, 1.807) is 53.9 Å². The number of nitrogens with one attached hydrogen (secondary N) is 1. The maximum atomic E-state index is 15.1. The van der Waals surface area contributed by atoms with Gasteiger partial charge in [0.1, 0.15) is 5.01 Å². The van der Waals surface area contributed by atoms with E-state index in [1.807, 2.05) is 58.9 Å². The maximum absolute atomic E-state index is 15.1. The Morgan fingerprint density at radius 1 is 0.773 bits per heavy atom. The summed E-state index contributed by atoms with van der Waals surface area (Å²) in [7, 11) is -4.29. The molecule has 2 aromatic heterocycles. The zero-order chi connectivity index (χ0) is 31.6. The molecule has 1 N–H and O–H groups in total. The van der Waals surface area contributed by atoms with Crippen molar-refractivity contribution in [3.05, 3.63) is 108 Å². The number of carbonyl (C=O) groups is 2. The predicted molar refractivity (Wildman–Crippen MR) is 185 cm³/mol. The van der Waals surface area contributed by atoms with Crippen LogP contribution in [0.5, 0.6) is 0 Å². The maximum Gasteiger partial charge on any atom is 0.248 e. The predicted octanol–water partition coefficient (Wildman–Crippen LogP) is 8.85. The van der Waals surface area contributed by atoms with Gasteiger partial charge in [-0.15, -0.1) is 10.2 Å². The first-order chi connectivity index (χ1) is 21.0. The molecule has 5 aromatic rings. The minimum atomic E-state index is -4.29. The summed E-state index contributed by atoms with van der Waals surface area (Å²) < 4.78 is 17.4. The minimum Gasteiger partial charge on any atom is -0.302 e. The lowest BCUT2D eigenvalue weighted by molar-refractivity contribution is 0.104. The van der Waals surface area contributed by atoms with E-state index >= 15 is 4.57 Å². The van der Waals surface area contributed by atoms with Crippen molar-refractivity contribution in [1.29, 1.82) is 0 Å². The van der Waals surface area contributed by atoms with Gasteiger partial charge in [0, 0.05) is 27.9 Å². The number of thioether (sulfide) groups is 2. The highest BCUT2D eigenvalue weighted by atomic mass is 32.2. The van der Waals surface area contributed by atoms with Crippen molar-refractivity contribution in [2.75, 3.05) is 0 Å². The summed E-state index contributed by atoms with van der Waals surface area (Å²) in [4.78, 5) is 28.9. The number of carbonyl (C=O) groups excluding carboxylic acids is 2. The third-order valence-corrected chi connectivity index (χ3v) is 13.9. The monoisotopic (exact) mass is 696 g/mol. The fourth-order valence-corrected chi connectivity index (χ4v) is 11.5. The lowest BCUT2D eigenvalue weighted by Crippen LogP contribution is -2.23. The quantitative estimate of drug-likeness (QED) is 0.0824. The first-order valence-electron chi connectivity index (χ1n) is 13.5. The van der Waals surface area contributed by atoms with Crippen molar-refractivity contribution in [1.82, 2.24) is 20.4 Å². The molecule has 0 aliphatic heterocycles. The molecule has 13 heteroatoms. The second-order valence-electron chi connectivity index (χ2n) is 10.3. The van der Waals surface area contributed by atoms with Gasteiger partial charge >= 0.3 is 0 Å². The fraction of sp³-hybridized carbons (Fsp3) is 0.226. The van der Waals surface area contributed by atoms with Crippen molar-refractivity contribution >= 4 is 81.9 Å². The summed E-state index contributed by atoms with van der Waals surface area (Å²) in [5.41, 5.74) is 4.10. The smallest absolute Gasteiger partial charge is 0.248 e. The third-order valence-electron chi connectivity index (χ3n) is 6.96. The second-order valence-corrected chi connectivity index (χ2v) is 18.1. The van der Waals surface area contributed by atoms with E-state index in [2.05, 4.69) is 20.4 Å². The largest absolute Gasteiger partial charge is 0.302 e. The molecule has 0 fully saturated rings. The van der Waals surface area contributed by atoms with Crippen LogP contribution in [0.25, 0.3) is 0 Å². The molecule has 0 bridgehead atoms. The first-order valence-corrected chi connectivity index (χ1v) is 19.3. The van der Waals surface area contributed by atoms with Crippen LogP contribution in [0.2, 0.25) is 0 Å². The van der Waals surface area contributed by atoms with Crippen LogP contribution in [-0.4, -0.2) is 31.4 Å². The SMILES string of the molecule is Cc1nnc(SCc2cc(C)c(C(=O)P(=O)(C(=O)c3c(C)cc(CSc4n[nH]c(=S)s4)cc3C)c3ccccc3)c(C)c2)s1. The van der Waals surface area contributed by atoms with Gasteiger partial charge < -0.3 is 4.57 Å². The number of H-pyrrole nitrogens is 1. The molecular formula is C31H29N4O3PS5. The van der Waals surface area contributed by atoms with Gasteiger partial charge in [-0.1, -0.05) is 101 Å². The van der Waals surface area contributed by atoms with Crippen molar-refractivity contribution in [2.45, 2.75) is 54.8 Å². The second kappa shape index (κ2) is 13.7. The molecule has 0 saturated heterocycles. The zero-order valence-electron chi connectivity index (χ0n) is 24.7. The van der Waals surface area contributed by atoms with Crippen LogP contribution in [0.1, 0.15) is 59.1 Å². The number of benzene rings is 3. The van der Waals surface area contributed by atoms with Crippen LogP contribution >= 0.6 is 65.6 Å². The fourth-order valence-electron chi connectivity index (χ4n) is 5.13. The van der Waals surface area contributed by atoms with Crippen LogP contribution < -0.4 is 5.30 Å². The van der Waals surface area contributed by atoms with Gasteiger partial charge in [-0.2, -0.15) is 5.10 Å². The summed E-state index contributed by atoms with van der Waals surface area (Å²) >= 11 is 11.2. The summed E-state index contributed by atoms with van der Waals surface area (Å²) in [5.74, 6) is 1.28. The lowest BCUT2D eigenvalue weighted by atomic mass is 10.0. The molecule has 0 aliphatic carbocycles. The highest BCUT2D eigenvalue weighted by Crippen LogP contribution is 2.53. The average molecular weight is 697 g/mol. The van der Waals surface area contributed by atoms with E-state index in [1.165, 1.54) is 22.7 Å². The molecule has 2 heterocycles. The van der Waals surface area contributed by atoms with Gasteiger partial charge in [-0.05, 0) is 80.2 Å². The molecule has 3 aromatic carbocycles. The van der Waals surface area contributed by atoms with Crippen LogP contribution in [0.3, 0.4) is 0 Å². The van der Waals surface area contributed by atoms with Crippen LogP contribution in [0, 0.1) is 38.6 Å².